The summed E-state index contributed by atoms with van der Waals surface area (Å²) in [7, 11) is 3.86. The van der Waals surface area contributed by atoms with Crippen molar-refractivity contribution in [2.75, 3.05) is 42.4 Å². The van der Waals surface area contributed by atoms with Gasteiger partial charge in [0.1, 0.15) is 6.54 Å². The van der Waals surface area contributed by atoms with Gasteiger partial charge in [-0.2, -0.15) is 0 Å². The van der Waals surface area contributed by atoms with Crippen LogP contribution in [0.1, 0.15) is 24.2 Å². The molecule has 0 saturated carbocycles. The molecule has 2 amide bonds. The predicted octanol–water partition coefficient (Wildman–Crippen LogP) is 2.92. The number of amides is 2. The lowest BCUT2D eigenvalue weighted by molar-refractivity contribution is -0.120. The summed E-state index contributed by atoms with van der Waals surface area (Å²) < 4.78 is 5.05. The number of carbonyl (C=O) groups excluding carboxylic acids is 3. The molecule has 0 aliphatic heterocycles. The number of para-hydroxylation sites is 1. The SMILES string of the molecule is CCOC(=O)c1ccccc1N(CC(=O)Nc1ccc(N(C)C)cc1)C(C)=O. The first-order valence-corrected chi connectivity index (χ1v) is 8.95. The average molecular weight is 383 g/mol. The molecular weight excluding hydrogens is 358 g/mol. The Labute approximate surface area is 164 Å². The maximum absolute atomic E-state index is 12.5. The van der Waals surface area contributed by atoms with E-state index in [1.54, 1.807) is 43.3 Å². The van der Waals surface area contributed by atoms with Crippen molar-refractivity contribution in [3.63, 3.8) is 0 Å². The molecule has 0 fully saturated rings. The minimum absolute atomic E-state index is 0.219. The van der Waals surface area contributed by atoms with Crippen molar-refractivity contribution in [1.82, 2.24) is 0 Å². The van der Waals surface area contributed by atoms with Gasteiger partial charge in [-0.05, 0) is 43.3 Å². The average Bonchev–Trinajstić information content (AvgIpc) is 2.66. The van der Waals surface area contributed by atoms with Crippen molar-refractivity contribution in [3.05, 3.63) is 54.1 Å². The van der Waals surface area contributed by atoms with E-state index in [9.17, 15) is 14.4 Å². The van der Waals surface area contributed by atoms with Crippen LogP contribution in [0.25, 0.3) is 0 Å². The lowest BCUT2D eigenvalue weighted by atomic mass is 10.1. The minimum Gasteiger partial charge on any atom is -0.462 e. The zero-order valence-corrected chi connectivity index (χ0v) is 16.6. The third-order valence-electron chi connectivity index (χ3n) is 4.04. The Morgan fingerprint density at radius 2 is 1.64 bits per heavy atom. The number of nitrogens with one attached hydrogen (secondary N) is 1. The number of rotatable bonds is 7. The summed E-state index contributed by atoms with van der Waals surface area (Å²) in [4.78, 5) is 40.1. The fraction of sp³-hybridized carbons (Fsp3) is 0.286. The quantitative estimate of drug-likeness (QED) is 0.744. The molecule has 0 aromatic heterocycles. The predicted molar refractivity (Wildman–Crippen MR) is 110 cm³/mol. The zero-order valence-electron chi connectivity index (χ0n) is 16.6. The van der Waals surface area contributed by atoms with E-state index in [0.29, 0.717) is 11.4 Å². The van der Waals surface area contributed by atoms with Crippen LogP contribution in [0.3, 0.4) is 0 Å². The van der Waals surface area contributed by atoms with Gasteiger partial charge in [0.15, 0.2) is 0 Å². The fourth-order valence-electron chi connectivity index (χ4n) is 2.64. The Balaban J connectivity index is 2.18. The van der Waals surface area contributed by atoms with E-state index in [4.69, 9.17) is 4.74 Å². The van der Waals surface area contributed by atoms with Crippen LogP contribution < -0.4 is 15.1 Å². The van der Waals surface area contributed by atoms with Crippen molar-refractivity contribution >= 4 is 34.8 Å². The molecule has 0 aliphatic rings. The number of benzene rings is 2. The Morgan fingerprint density at radius 1 is 1.00 bits per heavy atom. The van der Waals surface area contributed by atoms with Gasteiger partial charge in [0.05, 0.1) is 17.9 Å². The maximum Gasteiger partial charge on any atom is 0.340 e. The summed E-state index contributed by atoms with van der Waals surface area (Å²) in [6.45, 7) is 3.05. The summed E-state index contributed by atoms with van der Waals surface area (Å²) in [6.07, 6.45) is 0. The van der Waals surface area contributed by atoms with Gasteiger partial charge in [0.25, 0.3) is 0 Å². The molecule has 2 rings (SSSR count). The van der Waals surface area contributed by atoms with Gasteiger partial charge in [-0.25, -0.2) is 4.79 Å². The number of esters is 1. The summed E-state index contributed by atoms with van der Waals surface area (Å²) in [6, 6.07) is 13.9. The number of anilines is 3. The summed E-state index contributed by atoms with van der Waals surface area (Å²) in [5, 5.41) is 2.77. The Kier molecular flexibility index (Phi) is 7.14. The highest BCUT2D eigenvalue weighted by Crippen LogP contribution is 2.22. The standard InChI is InChI=1S/C21H25N3O4/c1-5-28-21(27)18-8-6-7-9-19(18)24(15(2)25)14-20(26)22-16-10-12-17(13-11-16)23(3)4/h6-13H,5,14H2,1-4H3,(H,22,26). The van der Waals surface area contributed by atoms with Crippen LogP contribution in [-0.4, -0.2) is 45.0 Å². The highest BCUT2D eigenvalue weighted by Gasteiger charge is 2.22. The molecule has 7 heteroatoms. The molecule has 0 aliphatic carbocycles. The van der Waals surface area contributed by atoms with Gasteiger partial charge in [0.2, 0.25) is 11.8 Å². The molecule has 1 N–H and O–H groups in total. The Bertz CT molecular complexity index is 847. The van der Waals surface area contributed by atoms with Gasteiger partial charge in [0, 0.05) is 32.4 Å². The second-order valence-electron chi connectivity index (χ2n) is 6.33. The number of hydrogen-bond acceptors (Lipinski definition) is 5. The van der Waals surface area contributed by atoms with Crippen molar-refractivity contribution in [2.24, 2.45) is 0 Å². The molecule has 0 spiro atoms. The van der Waals surface area contributed by atoms with E-state index in [-0.39, 0.29) is 30.5 Å². The van der Waals surface area contributed by atoms with Crippen LogP contribution in [0, 0.1) is 0 Å². The van der Waals surface area contributed by atoms with Crippen LogP contribution >= 0.6 is 0 Å². The van der Waals surface area contributed by atoms with E-state index in [1.165, 1.54) is 11.8 Å². The molecule has 0 heterocycles. The van der Waals surface area contributed by atoms with Crippen molar-refractivity contribution in [2.45, 2.75) is 13.8 Å². The van der Waals surface area contributed by atoms with Gasteiger partial charge >= 0.3 is 5.97 Å². The van der Waals surface area contributed by atoms with Gasteiger partial charge in [-0.1, -0.05) is 12.1 Å². The van der Waals surface area contributed by atoms with Crippen LogP contribution in [0.5, 0.6) is 0 Å². The highest BCUT2D eigenvalue weighted by molar-refractivity contribution is 6.06. The molecule has 0 atom stereocenters. The normalized spacial score (nSPS) is 10.1. The first-order chi connectivity index (χ1) is 13.3. The van der Waals surface area contributed by atoms with E-state index >= 15 is 0 Å². The topological polar surface area (TPSA) is 79.0 Å². The second-order valence-corrected chi connectivity index (χ2v) is 6.33. The Morgan fingerprint density at radius 3 is 2.21 bits per heavy atom. The molecule has 0 saturated heterocycles. The van der Waals surface area contributed by atoms with E-state index < -0.39 is 5.97 Å². The second kappa shape index (κ2) is 9.55. The lowest BCUT2D eigenvalue weighted by Crippen LogP contribution is -2.37. The van der Waals surface area contributed by atoms with Gasteiger partial charge < -0.3 is 19.9 Å². The summed E-state index contributed by atoms with van der Waals surface area (Å²) >= 11 is 0. The van der Waals surface area contributed by atoms with E-state index in [2.05, 4.69) is 5.32 Å². The van der Waals surface area contributed by atoms with Crippen molar-refractivity contribution < 1.29 is 19.1 Å². The van der Waals surface area contributed by atoms with Crippen LogP contribution in [-0.2, 0) is 14.3 Å². The first-order valence-electron chi connectivity index (χ1n) is 8.95. The molecule has 2 aromatic carbocycles. The Hall–Kier alpha value is -3.35. The largest absolute Gasteiger partial charge is 0.462 e. The molecule has 0 bridgehead atoms. The summed E-state index contributed by atoms with van der Waals surface area (Å²) in [5.74, 6) is -1.26. The first kappa shape index (κ1) is 21.0. The fourth-order valence-corrected chi connectivity index (χ4v) is 2.64. The monoisotopic (exact) mass is 383 g/mol. The molecular formula is C21H25N3O4. The number of hydrogen-bond donors (Lipinski definition) is 1. The highest BCUT2D eigenvalue weighted by atomic mass is 16.5. The van der Waals surface area contributed by atoms with Crippen LogP contribution in [0.2, 0.25) is 0 Å². The number of nitrogens with zero attached hydrogens (tertiary/aromatic N) is 2. The number of carbonyl (C=O) groups is 3. The van der Waals surface area contributed by atoms with Crippen LogP contribution in [0.15, 0.2) is 48.5 Å². The smallest absolute Gasteiger partial charge is 0.340 e. The third-order valence-corrected chi connectivity index (χ3v) is 4.04. The molecule has 0 radical (unpaired) electrons. The van der Waals surface area contributed by atoms with Crippen LogP contribution in [0.4, 0.5) is 17.1 Å². The molecule has 2 aromatic rings. The van der Waals surface area contributed by atoms with Crippen molar-refractivity contribution in [1.29, 1.82) is 0 Å². The molecule has 28 heavy (non-hydrogen) atoms. The minimum atomic E-state index is -0.538. The van der Waals surface area contributed by atoms with Crippen molar-refractivity contribution in [3.8, 4) is 0 Å². The zero-order chi connectivity index (χ0) is 20.7. The number of ether oxygens (including phenoxy) is 1. The lowest BCUT2D eigenvalue weighted by Gasteiger charge is -2.23. The third kappa shape index (κ3) is 5.33. The molecule has 148 valence electrons. The van der Waals surface area contributed by atoms with Gasteiger partial charge in [-0.15, -0.1) is 0 Å². The molecule has 0 unspecified atom stereocenters. The van der Waals surface area contributed by atoms with E-state index in [0.717, 1.165) is 5.69 Å². The molecule has 7 nitrogen and oxygen atoms in total. The van der Waals surface area contributed by atoms with Gasteiger partial charge in [-0.3, -0.25) is 9.59 Å². The van der Waals surface area contributed by atoms with E-state index in [1.807, 2.05) is 31.1 Å². The maximum atomic E-state index is 12.5. The summed E-state index contributed by atoms with van der Waals surface area (Å²) in [5.41, 5.74) is 2.21.